The summed E-state index contributed by atoms with van der Waals surface area (Å²) in [4.78, 5) is 14.1. The number of rotatable bonds is 3. The second-order valence-corrected chi connectivity index (χ2v) is 5.07. The number of ether oxygens (including phenoxy) is 3. The smallest absolute Gasteiger partial charge is 0.310 e. The van der Waals surface area contributed by atoms with Gasteiger partial charge in [-0.25, -0.2) is 0 Å². The summed E-state index contributed by atoms with van der Waals surface area (Å²) >= 11 is 0. The molecule has 0 bridgehead atoms. The first-order chi connectivity index (χ1) is 9.78. The number of nitrogens with zero attached hydrogens (tertiary/aromatic N) is 1. The quantitative estimate of drug-likeness (QED) is 0.793. The molecule has 1 saturated heterocycles. The second kappa shape index (κ2) is 5.61. The zero-order valence-electron chi connectivity index (χ0n) is 11.6. The second-order valence-electron chi connectivity index (χ2n) is 5.07. The number of carbonyl (C=O) groups excluding carboxylic acids is 1. The van der Waals surface area contributed by atoms with Gasteiger partial charge in [0.15, 0.2) is 11.5 Å². The predicted octanol–water partition coefficient (Wildman–Crippen LogP) is 2.19. The molecule has 1 aromatic rings. The number of hydrogen-bond donors (Lipinski definition) is 0. The summed E-state index contributed by atoms with van der Waals surface area (Å²) in [7, 11) is 0. The van der Waals surface area contributed by atoms with Crippen molar-refractivity contribution in [2.75, 3.05) is 31.4 Å². The van der Waals surface area contributed by atoms with Gasteiger partial charge in [0, 0.05) is 24.8 Å². The van der Waals surface area contributed by atoms with Crippen molar-refractivity contribution in [1.82, 2.24) is 0 Å². The molecule has 5 heteroatoms. The van der Waals surface area contributed by atoms with E-state index in [0.29, 0.717) is 13.2 Å². The molecule has 0 saturated carbocycles. The Balaban J connectivity index is 1.72. The van der Waals surface area contributed by atoms with Gasteiger partial charge in [0.05, 0.1) is 12.5 Å². The minimum atomic E-state index is -0.0852. The molecule has 2 aliphatic heterocycles. The normalized spacial score (nSPS) is 20.9. The van der Waals surface area contributed by atoms with Crippen molar-refractivity contribution in [1.29, 1.82) is 0 Å². The van der Waals surface area contributed by atoms with E-state index in [9.17, 15) is 4.79 Å². The molecule has 0 radical (unpaired) electrons. The zero-order chi connectivity index (χ0) is 13.9. The van der Waals surface area contributed by atoms with Crippen LogP contribution in [0, 0.1) is 5.92 Å². The fraction of sp³-hybridized carbons (Fsp3) is 0.533. The lowest BCUT2D eigenvalue weighted by atomic mass is 9.97. The summed E-state index contributed by atoms with van der Waals surface area (Å²) in [6, 6.07) is 5.92. The van der Waals surface area contributed by atoms with Gasteiger partial charge in [-0.3, -0.25) is 4.79 Å². The van der Waals surface area contributed by atoms with Crippen LogP contribution in [0.4, 0.5) is 5.69 Å². The maximum Gasteiger partial charge on any atom is 0.310 e. The van der Waals surface area contributed by atoms with Gasteiger partial charge in [-0.15, -0.1) is 0 Å². The Morgan fingerprint density at radius 2 is 2.25 bits per heavy atom. The van der Waals surface area contributed by atoms with Gasteiger partial charge in [0.1, 0.15) is 0 Å². The van der Waals surface area contributed by atoms with Gasteiger partial charge in [-0.1, -0.05) is 0 Å². The van der Waals surface area contributed by atoms with E-state index < -0.39 is 0 Å². The Morgan fingerprint density at radius 1 is 1.40 bits per heavy atom. The number of benzene rings is 1. The van der Waals surface area contributed by atoms with Crippen LogP contribution in [-0.4, -0.2) is 32.5 Å². The highest BCUT2D eigenvalue weighted by molar-refractivity contribution is 5.73. The molecule has 20 heavy (non-hydrogen) atoms. The van der Waals surface area contributed by atoms with Gasteiger partial charge in [-0.05, 0) is 31.9 Å². The van der Waals surface area contributed by atoms with Crippen LogP contribution in [0.2, 0.25) is 0 Å². The first-order valence-corrected chi connectivity index (χ1v) is 7.09. The number of carbonyl (C=O) groups is 1. The maximum atomic E-state index is 11.9. The molecule has 0 aromatic heterocycles. The van der Waals surface area contributed by atoms with Crippen LogP contribution in [0.1, 0.15) is 19.8 Å². The number of fused-ring (bicyclic) bond motifs is 1. The molecule has 1 unspecified atom stereocenters. The molecular formula is C15H19NO4. The topological polar surface area (TPSA) is 48.0 Å². The summed E-state index contributed by atoms with van der Waals surface area (Å²) < 4.78 is 15.8. The van der Waals surface area contributed by atoms with E-state index >= 15 is 0 Å². The molecule has 1 fully saturated rings. The summed E-state index contributed by atoms with van der Waals surface area (Å²) in [5.74, 6) is 1.44. The third-order valence-electron chi connectivity index (χ3n) is 3.76. The Morgan fingerprint density at radius 3 is 3.10 bits per heavy atom. The van der Waals surface area contributed by atoms with Crippen molar-refractivity contribution >= 4 is 11.7 Å². The lowest BCUT2D eigenvalue weighted by molar-refractivity contribution is -0.148. The first kappa shape index (κ1) is 13.1. The van der Waals surface area contributed by atoms with E-state index in [1.165, 1.54) is 0 Å². The Kier molecular flexibility index (Phi) is 3.67. The van der Waals surface area contributed by atoms with Crippen LogP contribution in [-0.2, 0) is 9.53 Å². The van der Waals surface area contributed by atoms with Crippen molar-refractivity contribution in [2.24, 2.45) is 5.92 Å². The van der Waals surface area contributed by atoms with Crippen molar-refractivity contribution in [3.8, 4) is 11.5 Å². The first-order valence-electron chi connectivity index (χ1n) is 7.09. The Labute approximate surface area is 118 Å². The van der Waals surface area contributed by atoms with Gasteiger partial charge < -0.3 is 19.1 Å². The minimum absolute atomic E-state index is 0.0332. The molecule has 2 aliphatic rings. The fourth-order valence-corrected chi connectivity index (χ4v) is 2.75. The van der Waals surface area contributed by atoms with E-state index in [1.54, 1.807) is 0 Å². The highest BCUT2D eigenvalue weighted by Gasteiger charge is 2.27. The molecular weight excluding hydrogens is 258 g/mol. The molecule has 0 spiro atoms. The van der Waals surface area contributed by atoms with Gasteiger partial charge in [-0.2, -0.15) is 0 Å². The van der Waals surface area contributed by atoms with Gasteiger partial charge in [0.25, 0.3) is 0 Å². The molecule has 108 valence electrons. The predicted molar refractivity (Wildman–Crippen MR) is 74.1 cm³/mol. The Hall–Kier alpha value is -1.91. The average molecular weight is 277 g/mol. The SMILES string of the molecule is CCOC(=O)C1CCCN(c2ccc3c(c2)OCO3)C1. The highest BCUT2D eigenvalue weighted by atomic mass is 16.7. The standard InChI is InChI=1S/C15H19NO4/c1-2-18-15(17)11-4-3-7-16(9-11)12-5-6-13-14(8-12)20-10-19-13/h5-6,8,11H,2-4,7,9-10H2,1H3. The molecule has 5 nitrogen and oxygen atoms in total. The van der Waals surface area contributed by atoms with Crippen molar-refractivity contribution in [3.63, 3.8) is 0 Å². The van der Waals surface area contributed by atoms with E-state index in [1.807, 2.05) is 25.1 Å². The fourth-order valence-electron chi connectivity index (χ4n) is 2.75. The van der Waals surface area contributed by atoms with E-state index in [4.69, 9.17) is 14.2 Å². The summed E-state index contributed by atoms with van der Waals surface area (Å²) in [5, 5.41) is 0. The zero-order valence-corrected chi connectivity index (χ0v) is 11.6. The third-order valence-corrected chi connectivity index (χ3v) is 3.76. The van der Waals surface area contributed by atoms with Crippen molar-refractivity contribution in [3.05, 3.63) is 18.2 Å². The van der Waals surface area contributed by atoms with Crippen LogP contribution < -0.4 is 14.4 Å². The summed E-state index contributed by atoms with van der Waals surface area (Å²) in [6.07, 6.45) is 1.90. The highest BCUT2D eigenvalue weighted by Crippen LogP contribution is 2.36. The van der Waals surface area contributed by atoms with Crippen molar-refractivity contribution in [2.45, 2.75) is 19.8 Å². The van der Waals surface area contributed by atoms with Gasteiger partial charge in [0.2, 0.25) is 6.79 Å². The van der Waals surface area contributed by atoms with Crippen LogP contribution in [0.25, 0.3) is 0 Å². The monoisotopic (exact) mass is 277 g/mol. The number of esters is 1. The van der Waals surface area contributed by atoms with Crippen LogP contribution in [0.3, 0.4) is 0 Å². The number of anilines is 1. The molecule has 0 aliphatic carbocycles. The minimum Gasteiger partial charge on any atom is -0.466 e. The average Bonchev–Trinajstić information content (AvgIpc) is 2.95. The molecule has 1 atom stereocenters. The molecule has 0 N–H and O–H groups in total. The molecule has 3 rings (SSSR count). The van der Waals surface area contributed by atoms with Crippen LogP contribution in [0.15, 0.2) is 18.2 Å². The number of hydrogen-bond acceptors (Lipinski definition) is 5. The summed E-state index contributed by atoms with van der Waals surface area (Å²) in [6.45, 7) is 4.23. The van der Waals surface area contributed by atoms with E-state index in [-0.39, 0.29) is 18.7 Å². The largest absolute Gasteiger partial charge is 0.466 e. The maximum absolute atomic E-state index is 11.9. The summed E-state index contributed by atoms with van der Waals surface area (Å²) in [5.41, 5.74) is 1.07. The van der Waals surface area contributed by atoms with Crippen LogP contribution >= 0.6 is 0 Å². The van der Waals surface area contributed by atoms with Crippen LogP contribution in [0.5, 0.6) is 11.5 Å². The lowest BCUT2D eigenvalue weighted by Crippen LogP contribution is -2.39. The third kappa shape index (κ3) is 2.53. The lowest BCUT2D eigenvalue weighted by Gasteiger charge is -2.33. The van der Waals surface area contributed by atoms with Gasteiger partial charge >= 0.3 is 5.97 Å². The Bertz CT molecular complexity index is 503. The van der Waals surface area contributed by atoms with E-state index in [2.05, 4.69) is 4.90 Å². The van der Waals surface area contributed by atoms with Crippen molar-refractivity contribution < 1.29 is 19.0 Å². The van der Waals surface area contributed by atoms with E-state index in [0.717, 1.165) is 36.6 Å². The molecule has 0 amide bonds. The molecule has 2 heterocycles. The molecule has 1 aromatic carbocycles. The number of piperidine rings is 1.